The summed E-state index contributed by atoms with van der Waals surface area (Å²) in [4.78, 5) is 12.2. The van der Waals surface area contributed by atoms with Gasteiger partial charge < -0.3 is 0 Å². The zero-order valence-corrected chi connectivity index (χ0v) is 17.3. The quantitative estimate of drug-likeness (QED) is 0.600. The second-order valence-electron chi connectivity index (χ2n) is 6.38. The Morgan fingerprint density at radius 1 is 1.04 bits per heavy atom. The molecule has 1 aromatic heterocycles. The van der Waals surface area contributed by atoms with E-state index in [1.165, 1.54) is 0 Å². The Kier molecular flexibility index (Phi) is 5.87. The molecule has 3 aromatic rings. The highest BCUT2D eigenvalue weighted by molar-refractivity contribution is 7.91. The second kappa shape index (κ2) is 8.17. The van der Waals surface area contributed by atoms with Crippen molar-refractivity contribution in [2.75, 3.05) is 5.32 Å². The van der Waals surface area contributed by atoms with Crippen molar-refractivity contribution in [1.82, 2.24) is 14.9 Å². The Morgan fingerprint density at radius 2 is 1.75 bits per heavy atom. The molecule has 0 saturated heterocycles. The van der Waals surface area contributed by atoms with Crippen molar-refractivity contribution in [2.45, 2.75) is 31.2 Å². The predicted octanol–water partition coefficient (Wildman–Crippen LogP) is 3.45. The van der Waals surface area contributed by atoms with Crippen LogP contribution in [0.25, 0.3) is 0 Å². The lowest BCUT2D eigenvalue weighted by atomic mass is 10.0. The number of amides is 1. The minimum absolute atomic E-state index is 0.119. The summed E-state index contributed by atoms with van der Waals surface area (Å²) in [6.07, 6.45) is 0. The minimum atomic E-state index is -3.87. The van der Waals surface area contributed by atoms with E-state index < -0.39 is 16.1 Å². The van der Waals surface area contributed by atoms with Crippen molar-refractivity contribution in [3.63, 3.8) is 0 Å². The molecule has 0 radical (unpaired) electrons. The van der Waals surface area contributed by atoms with E-state index in [1.807, 2.05) is 32.0 Å². The molecule has 1 amide bonds. The number of hydrogen-bond acceptors (Lipinski definition) is 6. The summed E-state index contributed by atoms with van der Waals surface area (Å²) in [6, 6.07) is 13.9. The molecule has 0 bridgehead atoms. The van der Waals surface area contributed by atoms with Crippen LogP contribution >= 0.6 is 11.3 Å². The highest BCUT2D eigenvalue weighted by atomic mass is 32.2. The van der Waals surface area contributed by atoms with E-state index >= 15 is 0 Å². The smallest absolute Gasteiger partial charge is 0.270 e. The lowest BCUT2D eigenvalue weighted by molar-refractivity contribution is 0.102. The van der Waals surface area contributed by atoms with Gasteiger partial charge in [-0.15, -0.1) is 10.2 Å². The van der Waals surface area contributed by atoms with E-state index in [9.17, 15) is 13.2 Å². The lowest BCUT2D eigenvalue weighted by Gasteiger charge is -2.14. The number of anilines is 1. The molecule has 7 nitrogen and oxygen atoms in total. The molecule has 146 valence electrons. The number of rotatable bonds is 6. The number of hydrogen-bond donors (Lipinski definition) is 2. The van der Waals surface area contributed by atoms with Gasteiger partial charge in [0.15, 0.2) is 0 Å². The third-order valence-corrected chi connectivity index (χ3v) is 7.00. The molecule has 0 aliphatic rings. The van der Waals surface area contributed by atoms with Crippen LogP contribution in [0, 0.1) is 13.8 Å². The molecule has 1 unspecified atom stereocenters. The third-order valence-electron chi connectivity index (χ3n) is 4.26. The average Bonchev–Trinajstić information content (AvgIpc) is 3.14. The maximum atomic E-state index is 12.6. The molecule has 1 heterocycles. The molecule has 0 aliphatic heterocycles. The summed E-state index contributed by atoms with van der Waals surface area (Å²) >= 11 is 0.801. The Morgan fingerprint density at radius 3 is 2.43 bits per heavy atom. The summed E-state index contributed by atoms with van der Waals surface area (Å²) in [5, 5.41) is 10.2. The fraction of sp³-hybridized carbons (Fsp3) is 0.211. The average molecular weight is 417 g/mol. The van der Waals surface area contributed by atoms with Gasteiger partial charge in [-0.2, -0.15) is 0 Å². The van der Waals surface area contributed by atoms with Crippen LogP contribution in [-0.2, 0) is 10.0 Å². The van der Waals surface area contributed by atoms with Crippen LogP contribution < -0.4 is 10.0 Å². The van der Waals surface area contributed by atoms with Crippen molar-refractivity contribution in [3.8, 4) is 0 Å². The zero-order valence-electron chi connectivity index (χ0n) is 15.6. The van der Waals surface area contributed by atoms with Crippen LogP contribution in [0.5, 0.6) is 0 Å². The lowest BCUT2D eigenvalue weighted by Crippen LogP contribution is -2.26. The first kappa shape index (κ1) is 20.1. The molecule has 2 N–H and O–H groups in total. The fourth-order valence-electron chi connectivity index (χ4n) is 2.51. The Labute approximate surface area is 167 Å². The molecule has 0 fully saturated rings. The van der Waals surface area contributed by atoms with Crippen LogP contribution in [0.2, 0.25) is 0 Å². The molecule has 0 saturated carbocycles. The number of aryl methyl sites for hydroxylation is 2. The van der Waals surface area contributed by atoms with Gasteiger partial charge >= 0.3 is 0 Å². The maximum absolute atomic E-state index is 12.6. The third kappa shape index (κ3) is 4.61. The summed E-state index contributed by atoms with van der Waals surface area (Å²) in [6.45, 7) is 5.74. The number of nitrogens with zero attached hydrogens (tertiary/aromatic N) is 2. The van der Waals surface area contributed by atoms with E-state index in [4.69, 9.17) is 0 Å². The molecular formula is C19H20N4O3S2. The molecule has 0 spiro atoms. The van der Waals surface area contributed by atoms with Gasteiger partial charge in [-0.05, 0) is 49.6 Å². The SMILES string of the molecule is Cc1ccc(C(C)NS(=O)(=O)c2nnc(NC(=O)c3ccccc3)s2)cc1C. The normalized spacial score (nSPS) is 12.5. The number of sulfonamides is 1. The number of carbonyl (C=O) groups is 1. The van der Waals surface area contributed by atoms with Gasteiger partial charge in [0.1, 0.15) is 0 Å². The summed E-state index contributed by atoms with van der Waals surface area (Å²) < 4.78 is 27.6. The molecule has 9 heteroatoms. The highest BCUT2D eigenvalue weighted by Crippen LogP contribution is 2.23. The summed E-state index contributed by atoms with van der Waals surface area (Å²) in [7, 11) is -3.87. The highest BCUT2D eigenvalue weighted by Gasteiger charge is 2.24. The number of carbonyl (C=O) groups excluding carboxylic acids is 1. The molecule has 0 aliphatic carbocycles. The Bertz CT molecular complexity index is 1100. The van der Waals surface area contributed by atoms with Gasteiger partial charge in [0, 0.05) is 11.6 Å². The van der Waals surface area contributed by atoms with Gasteiger partial charge in [0.25, 0.3) is 15.9 Å². The Hall–Kier alpha value is -2.62. The standard InChI is InChI=1S/C19H20N4O3S2/c1-12-9-10-16(11-13(12)2)14(3)23-28(25,26)19-22-21-18(27-19)20-17(24)15-7-5-4-6-8-15/h4-11,14,23H,1-3H3,(H,20,21,24). The summed E-state index contributed by atoms with van der Waals surface area (Å²) in [5.74, 6) is -0.378. The molecule has 1 atom stereocenters. The topological polar surface area (TPSA) is 101 Å². The second-order valence-corrected chi connectivity index (χ2v) is 9.25. The van der Waals surface area contributed by atoms with Crippen molar-refractivity contribution in [3.05, 3.63) is 70.8 Å². The van der Waals surface area contributed by atoms with E-state index in [1.54, 1.807) is 37.3 Å². The van der Waals surface area contributed by atoms with Crippen LogP contribution in [0.3, 0.4) is 0 Å². The van der Waals surface area contributed by atoms with Gasteiger partial charge in [-0.25, -0.2) is 13.1 Å². The van der Waals surface area contributed by atoms with Gasteiger partial charge in [0.2, 0.25) is 9.47 Å². The minimum Gasteiger partial charge on any atom is -0.296 e. The molecular weight excluding hydrogens is 396 g/mol. The van der Waals surface area contributed by atoms with Crippen molar-refractivity contribution in [1.29, 1.82) is 0 Å². The first-order chi connectivity index (χ1) is 13.3. The number of aromatic nitrogens is 2. The predicted molar refractivity (Wildman–Crippen MR) is 109 cm³/mol. The van der Waals surface area contributed by atoms with Gasteiger partial charge in [-0.3, -0.25) is 10.1 Å². The van der Waals surface area contributed by atoms with Crippen LogP contribution in [0.1, 0.15) is 40.0 Å². The molecule has 3 rings (SSSR count). The largest absolute Gasteiger partial charge is 0.296 e. The van der Waals surface area contributed by atoms with E-state index in [2.05, 4.69) is 20.2 Å². The van der Waals surface area contributed by atoms with Crippen LogP contribution in [0.15, 0.2) is 52.9 Å². The van der Waals surface area contributed by atoms with Crippen LogP contribution in [-0.4, -0.2) is 24.5 Å². The maximum Gasteiger partial charge on any atom is 0.270 e. The fourth-order valence-corrected chi connectivity index (χ4v) is 4.66. The molecule has 2 aromatic carbocycles. The monoisotopic (exact) mass is 416 g/mol. The first-order valence-electron chi connectivity index (χ1n) is 8.55. The van der Waals surface area contributed by atoms with Gasteiger partial charge in [-0.1, -0.05) is 47.7 Å². The first-order valence-corrected chi connectivity index (χ1v) is 10.9. The molecule has 28 heavy (non-hydrogen) atoms. The van der Waals surface area contributed by atoms with E-state index in [0.717, 1.165) is 28.0 Å². The van der Waals surface area contributed by atoms with Crippen molar-refractivity contribution >= 4 is 32.4 Å². The number of nitrogens with one attached hydrogen (secondary N) is 2. The van der Waals surface area contributed by atoms with Crippen molar-refractivity contribution in [2.24, 2.45) is 0 Å². The zero-order chi connectivity index (χ0) is 20.3. The van der Waals surface area contributed by atoms with Crippen LogP contribution in [0.4, 0.5) is 5.13 Å². The Balaban J connectivity index is 1.72. The van der Waals surface area contributed by atoms with Crippen molar-refractivity contribution < 1.29 is 13.2 Å². The van der Waals surface area contributed by atoms with E-state index in [-0.39, 0.29) is 15.4 Å². The summed E-state index contributed by atoms with van der Waals surface area (Å²) in [5.41, 5.74) is 3.53. The van der Waals surface area contributed by atoms with Gasteiger partial charge in [0.05, 0.1) is 0 Å². The number of benzene rings is 2. The van der Waals surface area contributed by atoms with E-state index in [0.29, 0.717) is 5.56 Å².